The quantitative estimate of drug-likeness (QED) is 0.602. The monoisotopic (exact) mass is 231 g/mol. The molecule has 0 bridgehead atoms. The second-order valence-corrected chi connectivity index (χ2v) is 3.49. The van der Waals surface area contributed by atoms with Gasteiger partial charge in [-0.3, -0.25) is 4.79 Å². The minimum Gasteiger partial charge on any atom is -0.493 e. The van der Waals surface area contributed by atoms with E-state index in [9.17, 15) is 4.79 Å². The van der Waals surface area contributed by atoms with Crippen LogP contribution < -0.4 is 10.1 Å². The maximum atomic E-state index is 11.9. The molecule has 0 heterocycles. The first-order chi connectivity index (χ1) is 8.29. The van der Waals surface area contributed by atoms with Gasteiger partial charge in [0.2, 0.25) is 0 Å². The van der Waals surface area contributed by atoms with E-state index in [1.54, 1.807) is 12.1 Å². The van der Waals surface area contributed by atoms with E-state index in [1.165, 1.54) is 0 Å². The summed E-state index contributed by atoms with van der Waals surface area (Å²) in [6.45, 7) is 3.02. The zero-order valence-electron chi connectivity index (χ0n) is 10.0. The van der Waals surface area contributed by atoms with E-state index in [0.717, 1.165) is 6.42 Å². The van der Waals surface area contributed by atoms with E-state index in [4.69, 9.17) is 11.2 Å². The third-order valence-corrected chi connectivity index (χ3v) is 2.21. The predicted octanol–water partition coefficient (Wildman–Crippen LogP) is 2.23. The van der Waals surface area contributed by atoms with Crippen molar-refractivity contribution in [1.29, 1.82) is 0 Å². The van der Waals surface area contributed by atoms with E-state index in [1.807, 2.05) is 19.1 Å². The van der Waals surface area contributed by atoms with Crippen molar-refractivity contribution < 1.29 is 9.53 Å². The minimum absolute atomic E-state index is 0.119. The van der Waals surface area contributed by atoms with Gasteiger partial charge in [0.25, 0.3) is 5.91 Å². The van der Waals surface area contributed by atoms with Gasteiger partial charge in [-0.2, -0.15) is 0 Å². The van der Waals surface area contributed by atoms with Crippen molar-refractivity contribution in [3.05, 3.63) is 29.8 Å². The number of nitrogens with one attached hydrogen (secondary N) is 1. The Morgan fingerprint density at radius 3 is 2.94 bits per heavy atom. The highest BCUT2D eigenvalue weighted by atomic mass is 16.5. The number of benzene rings is 1. The number of hydrogen-bond donors (Lipinski definition) is 1. The highest BCUT2D eigenvalue weighted by Crippen LogP contribution is 2.17. The maximum absolute atomic E-state index is 11.9. The van der Waals surface area contributed by atoms with E-state index in [0.29, 0.717) is 30.9 Å². The fraction of sp³-hybridized carbons (Fsp3) is 0.357. The summed E-state index contributed by atoms with van der Waals surface area (Å²) in [6, 6.07) is 7.21. The molecule has 1 aromatic carbocycles. The van der Waals surface area contributed by atoms with Crippen molar-refractivity contribution in [2.75, 3.05) is 13.2 Å². The Hall–Kier alpha value is -1.95. The molecule has 0 atom stereocenters. The Morgan fingerprint density at radius 2 is 2.24 bits per heavy atom. The second-order valence-electron chi connectivity index (χ2n) is 3.49. The number of amides is 1. The molecule has 17 heavy (non-hydrogen) atoms. The lowest BCUT2D eigenvalue weighted by molar-refractivity contribution is 0.0949. The molecule has 0 aliphatic carbocycles. The second kappa shape index (κ2) is 7.34. The van der Waals surface area contributed by atoms with Crippen molar-refractivity contribution in [1.82, 2.24) is 5.32 Å². The summed E-state index contributed by atoms with van der Waals surface area (Å²) in [4.78, 5) is 11.9. The lowest BCUT2D eigenvalue weighted by atomic mass is 10.2. The molecule has 0 fully saturated rings. The van der Waals surface area contributed by atoms with Crippen LogP contribution in [0.2, 0.25) is 0 Å². The highest BCUT2D eigenvalue weighted by Gasteiger charge is 2.10. The van der Waals surface area contributed by atoms with Crippen LogP contribution in [0.1, 0.15) is 30.1 Å². The van der Waals surface area contributed by atoms with Crippen LogP contribution in [0.5, 0.6) is 5.75 Å². The first-order valence-corrected chi connectivity index (χ1v) is 5.73. The van der Waals surface area contributed by atoms with Crippen LogP contribution in [0.4, 0.5) is 0 Å². The van der Waals surface area contributed by atoms with Crippen LogP contribution in [0.25, 0.3) is 0 Å². The number of unbranched alkanes of at least 4 members (excludes halogenated alkanes) is 1. The molecule has 0 unspecified atom stereocenters. The van der Waals surface area contributed by atoms with Gasteiger partial charge < -0.3 is 10.1 Å². The van der Waals surface area contributed by atoms with Gasteiger partial charge in [0.05, 0.1) is 12.2 Å². The number of rotatable bonds is 6. The molecule has 1 aromatic rings. The molecule has 0 saturated heterocycles. The van der Waals surface area contributed by atoms with E-state index in [2.05, 4.69) is 11.2 Å². The van der Waals surface area contributed by atoms with Crippen LogP contribution in [-0.2, 0) is 0 Å². The number of ether oxygens (including phenoxy) is 1. The number of terminal acetylenes is 1. The lowest BCUT2D eigenvalue weighted by Gasteiger charge is -2.09. The largest absolute Gasteiger partial charge is 0.493 e. The zero-order chi connectivity index (χ0) is 12.5. The molecule has 0 saturated carbocycles. The topological polar surface area (TPSA) is 38.3 Å². The van der Waals surface area contributed by atoms with Gasteiger partial charge >= 0.3 is 0 Å². The van der Waals surface area contributed by atoms with Crippen LogP contribution >= 0.6 is 0 Å². The molecular formula is C14H17NO2. The first-order valence-electron chi connectivity index (χ1n) is 5.73. The summed E-state index contributed by atoms with van der Waals surface area (Å²) >= 11 is 0. The van der Waals surface area contributed by atoms with Crippen molar-refractivity contribution in [3.8, 4) is 18.1 Å². The fourth-order valence-corrected chi connectivity index (χ4v) is 1.42. The van der Waals surface area contributed by atoms with Gasteiger partial charge in [-0.25, -0.2) is 0 Å². The minimum atomic E-state index is -0.119. The normalized spacial score (nSPS) is 9.41. The van der Waals surface area contributed by atoms with Crippen LogP contribution in [0.3, 0.4) is 0 Å². The number of carbonyl (C=O) groups excluding carboxylic acids is 1. The van der Waals surface area contributed by atoms with Gasteiger partial charge in [0.1, 0.15) is 5.75 Å². The molecule has 90 valence electrons. The summed E-state index contributed by atoms with van der Waals surface area (Å²) in [5.41, 5.74) is 0.565. The van der Waals surface area contributed by atoms with Gasteiger partial charge in [-0.1, -0.05) is 12.1 Å². The Labute approximate surface area is 102 Å². The standard InChI is InChI=1S/C14H17NO2/c1-3-5-8-11-15-14(16)12-9-6-7-10-13(12)17-4-2/h1,6-7,9-10H,4-5,8,11H2,2H3,(H,15,16). The number of carbonyl (C=O) groups is 1. The Kier molecular flexibility index (Phi) is 5.67. The van der Waals surface area contributed by atoms with Gasteiger partial charge in [0.15, 0.2) is 0 Å². The molecule has 1 amide bonds. The summed E-state index contributed by atoms with van der Waals surface area (Å²) < 4.78 is 5.39. The molecule has 1 rings (SSSR count). The smallest absolute Gasteiger partial charge is 0.255 e. The molecule has 0 aliphatic rings. The van der Waals surface area contributed by atoms with Crippen LogP contribution in [-0.4, -0.2) is 19.1 Å². The third kappa shape index (κ3) is 4.20. The van der Waals surface area contributed by atoms with Gasteiger partial charge in [-0.05, 0) is 25.5 Å². The Bertz CT molecular complexity index is 407. The molecule has 0 spiro atoms. The molecular weight excluding hydrogens is 214 g/mol. The van der Waals surface area contributed by atoms with Crippen molar-refractivity contribution in [3.63, 3.8) is 0 Å². The lowest BCUT2D eigenvalue weighted by Crippen LogP contribution is -2.24. The number of para-hydroxylation sites is 1. The van der Waals surface area contributed by atoms with Crippen LogP contribution in [0.15, 0.2) is 24.3 Å². The molecule has 1 N–H and O–H groups in total. The molecule has 3 nitrogen and oxygen atoms in total. The van der Waals surface area contributed by atoms with E-state index < -0.39 is 0 Å². The summed E-state index contributed by atoms with van der Waals surface area (Å²) in [5, 5.41) is 2.82. The van der Waals surface area contributed by atoms with Crippen molar-refractivity contribution in [2.24, 2.45) is 0 Å². The predicted molar refractivity (Wildman–Crippen MR) is 68.0 cm³/mol. The molecule has 0 radical (unpaired) electrons. The molecule has 3 heteroatoms. The summed E-state index contributed by atoms with van der Waals surface area (Å²) in [6.07, 6.45) is 6.60. The first kappa shape index (κ1) is 13.1. The zero-order valence-corrected chi connectivity index (χ0v) is 10.0. The van der Waals surface area contributed by atoms with Gasteiger partial charge in [0, 0.05) is 13.0 Å². The average Bonchev–Trinajstić information content (AvgIpc) is 2.35. The van der Waals surface area contributed by atoms with Crippen molar-refractivity contribution in [2.45, 2.75) is 19.8 Å². The SMILES string of the molecule is C#CCCCNC(=O)c1ccccc1OCC. The molecule has 0 aromatic heterocycles. The van der Waals surface area contributed by atoms with Crippen LogP contribution in [0, 0.1) is 12.3 Å². The summed E-state index contributed by atoms with van der Waals surface area (Å²) in [5.74, 6) is 3.03. The Morgan fingerprint density at radius 1 is 1.47 bits per heavy atom. The number of hydrogen-bond acceptors (Lipinski definition) is 2. The van der Waals surface area contributed by atoms with E-state index >= 15 is 0 Å². The molecule has 0 aliphatic heterocycles. The summed E-state index contributed by atoms with van der Waals surface area (Å²) in [7, 11) is 0. The maximum Gasteiger partial charge on any atom is 0.255 e. The highest BCUT2D eigenvalue weighted by molar-refractivity contribution is 5.96. The van der Waals surface area contributed by atoms with E-state index in [-0.39, 0.29) is 5.91 Å². The fourth-order valence-electron chi connectivity index (χ4n) is 1.42. The third-order valence-electron chi connectivity index (χ3n) is 2.21. The Balaban J connectivity index is 2.59. The average molecular weight is 231 g/mol. The van der Waals surface area contributed by atoms with Gasteiger partial charge in [-0.15, -0.1) is 12.3 Å². The van der Waals surface area contributed by atoms with Crippen molar-refractivity contribution >= 4 is 5.91 Å².